The van der Waals surface area contributed by atoms with E-state index < -0.39 is 5.60 Å². The van der Waals surface area contributed by atoms with Crippen molar-refractivity contribution in [2.75, 3.05) is 0 Å². The second-order valence-electron chi connectivity index (χ2n) is 5.44. The monoisotopic (exact) mass is 256 g/mol. The van der Waals surface area contributed by atoms with Crippen molar-refractivity contribution in [2.45, 2.75) is 31.8 Å². The topological polar surface area (TPSA) is 20.2 Å². The van der Waals surface area contributed by atoms with Crippen LogP contribution in [0.2, 0.25) is 0 Å². The SMILES string of the molecule is Cc1cc(C2(O)CCc3ccccc3C2)ccc1F. The van der Waals surface area contributed by atoms with Crippen molar-refractivity contribution in [3.05, 3.63) is 70.5 Å². The molecule has 1 aliphatic rings. The zero-order valence-corrected chi connectivity index (χ0v) is 11.0. The van der Waals surface area contributed by atoms with E-state index in [9.17, 15) is 9.50 Å². The molecule has 0 saturated heterocycles. The summed E-state index contributed by atoms with van der Waals surface area (Å²) in [6, 6.07) is 13.1. The van der Waals surface area contributed by atoms with Gasteiger partial charge in [-0.2, -0.15) is 0 Å². The smallest absolute Gasteiger partial charge is 0.126 e. The van der Waals surface area contributed by atoms with Crippen LogP contribution < -0.4 is 0 Å². The summed E-state index contributed by atoms with van der Waals surface area (Å²) in [7, 11) is 0. The number of hydrogen-bond acceptors (Lipinski definition) is 1. The van der Waals surface area contributed by atoms with Gasteiger partial charge in [0.2, 0.25) is 0 Å². The molecule has 0 amide bonds. The minimum atomic E-state index is -0.868. The molecule has 1 unspecified atom stereocenters. The number of benzene rings is 2. The molecule has 3 rings (SSSR count). The second kappa shape index (κ2) is 4.46. The Kier molecular flexibility index (Phi) is 2.90. The average molecular weight is 256 g/mol. The zero-order valence-electron chi connectivity index (χ0n) is 11.0. The highest BCUT2D eigenvalue weighted by atomic mass is 19.1. The molecule has 0 aliphatic heterocycles. The molecular formula is C17H17FO. The number of aliphatic hydroxyl groups is 1. The van der Waals surface area contributed by atoms with E-state index >= 15 is 0 Å². The maximum absolute atomic E-state index is 13.3. The van der Waals surface area contributed by atoms with Crippen LogP contribution in [0.3, 0.4) is 0 Å². The van der Waals surface area contributed by atoms with Gasteiger partial charge in [-0.25, -0.2) is 4.39 Å². The molecule has 0 spiro atoms. The van der Waals surface area contributed by atoms with Gasteiger partial charge < -0.3 is 5.11 Å². The van der Waals surface area contributed by atoms with Crippen molar-refractivity contribution < 1.29 is 9.50 Å². The van der Waals surface area contributed by atoms with Crippen LogP contribution in [0.25, 0.3) is 0 Å². The van der Waals surface area contributed by atoms with E-state index in [4.69, 9.17) is 0 Å². The maximum Gasteiger partial charge on any atom is 0.126 e. The first kappa shape index (κ1) is 12.4. The highest BCUT2D eigenvalue weighted by Gasteiger charge is 2.33. The lowest BCUT2D eigenvalue weighted by molar-refractivity contribution is 0.0221. The molecule has 2 heteroatoms. The van der Waals surface area contributed by atoms with Gasteiger partial charge in [-0.1, -0.05) is 36.4 Å². The van der Waals surface area contributed by atoms with Crippen LogP contribution in [0.15, 0.2) is 42.5 Å². The quantitative estimate of drug-likeness (QED) is 0.827. The predicted octanol–water partition coefficient (Wildman–Crippen LogP) is 3.51. The van der Waals surface area contributed by atoms with Crippen LogP contribution >= 0.6 is 0 Å². The summed E-state index contributed by atoms with van der Waals surface area (Å²) in [6.07, 6.45) is 2.16. The second-order valence-corrected chi connectivity index (χ2v) is 5.44. The largest absolute Gasteiger partial charge is 0.385 e. The van der Waals surface area contributed by atoms with Crippen molar-refractivity contribution in [2.24, 2.45) is 0 Å². The molecule has 0 bridgehead atoms. The number of rotatable bonds is 1. The summed E-state index contributed by atoms with van der Waals surface area (Å²) < 4.78 is 13.3. The van der Waals surface area contributed by atoms with Crippen molar-refractivity contribution in [3.8, 4) is 0 Å². The highest BCUT2D eigenvalue weighted by molar-refractivity contribution is 5.37. The zero-order chi connectivity index (χ0) is 13.5. The Hall–Kier alpha value is -1.67. The lowest BCUT2D eigenvalue weighted by Crippen LogP contribution is -2.33. The van der Waals surface area contributed by atoms with E-state index in [-0.39, 0.29) is 5.82 Å². The van der Waals surface area contributed by atoms with Gasteiger partial charge in [0.05, 0.1) is 5.60 Å². The molecule has 0 heterocycles. The fourth-order valence-corrected chi connectivity index (χ4v) is 2.90. The third-order valence-corrected chi connectivity index (χ3v) is 4.10. The summed E-state index contributed by atoms with van der Waals surface area (Å²) >= 11 is 0. The molecule has 1 atom stereocenters. The fourth-order valence-electron chi connectivity index (χ4n) is 2.90. The molecule has 2 aromatic carbocycles. The number of aryl methyl sites for hydroxylation is 2. The molecule has 1 aliphatic carbocycles. The normalized spacial score (nSPS) is 22.1. The van der Waals surface area contributed by atoms with Gasteiger partial charge in [-0.3, -0.25) is 0 Å². The lowest BCUT2D eigenvalue weighted by atomic mass is 9.76. The van der Waals surface area contributed by atoms with Crippen LogP contribution in [0, 0.1) is 12.7 Å². The molecule has 2 aromatic rings. The van der Waals surface area contributed by atoms with Crippen LogP contribution in [-0.2, 0) is 18.4 Å². The average Bonchev–Trinajstić information content (AvgIpc) is 2.41. The van der Waals surface area contributed by atoms with Gasteiger partial charge in [-0.15, -0.1) is 0 Å². The lowest BCUT2D eigenvalue weighted by Gasteiger charge is -2.34. The molecule has 98 valence electrons. The number of fused-ring (bicyclic) bond motifs is 1. The number of halogens is 1. The Morgan fingerprint density at radius 2 is 1.84 bits per heavy atom. The molecule has 1 N–H and O–H groups in total. The standard InChI is InChI=1S/C17H17FO/c1-12-10-15(6-7-16(12)18)17(19)9-8-13-4-2-3-5-14(13)11-17/h2-7,10,19H,8-9,11H2,1H3. The Morgan fingerprint density at radius 1 is 1.11 bits per heavy atom. The first-order chi connectivity index (χ1) is 9.08. The third-order valence-electron chi connectivity index (χ3n) is 4.10. The number of hydrogen-bond donors (Lipinski definition) is 1. The van der Waals surface area contributed by atoms with E-state index in [0.29, 0.717) is 18.4 Å². The predicted molar refractivity (Wildman–Crippen MR) is 73.5 cm³/mol. The fraction of sp³-hybridized carbons (Fsp3) is 0.294. The Bertz CT molecular complexity index is 620. The van der Waals surface area contributed by atoms with Gasteiger partial charge >= 0.3 is 0 Å². The Morgan fingerprint density at radius 3 is 2.58 bits per heavy atom. The van der Waals surface area contributed by atoms with Crippen molar-refractivity contribution in [3.63, 3.8) is 0 Å². The molecule has 0 saturated carbocycles. The first-order valence-corrected chi connectivity index (χ1v) is 6.64. The maximum atomic E-state index is 13.3. The van der Waals surface area contributed by atoms with E-state index in [1.54, 1.807) is 19.1 Å². The van der Waals surface area contributed by atoms with Crippen LogP contribution in [0.1, 0.15) is 28.7 Å². The van der Waals surface area contributed by atoms with Crippen LogP contribution in [0.4, 0.5) is 4.39 Å². The van der Waals surface area contributed by atoms with Gasteiger partial charge in [0.15, 0.2) is 0 Å². The van der Waals surface area contributed by atoms with E-state index in [2.05, 4.69) is 12.1 Å². The molecule has 19 heavy (non-hydrogen) atoms. The molecule has 0 fully saturated rings. The van der Waals surface area contributed by atoms with E-state index in [1.165, 1.54) is 17.2 Å². The highest BCUT2D eigenvalue weighted by Crippen LogP contribution is 2.36. The molecule has 0 aromatic heterocycles. The summed E-state index contributed by atoms with van der Waals surface area (Å²) in [5.41, 5.74) is 3.04. The minimum absolute atomic E-state index is 0.219. The van der Waals surface area contributed by atoms with Crippen LogP contribution in [0.5, 0.6) is 0 Å². The minimum Gasteiger partial charge on any atom is -0.385 e. The Balaban J connectivity index is 1.99. The van der Waals surface area contributed by atoms with Crippen molar-refractivity contribution in [1.82, 2.24) is 0 Å². The van der Waals surface area contributed by atoms with Gasteiger partial charge in [0.25, 0.3) is 0 Å². The first-order valence-electron chi connectivity index (χ1n) is 6.64. The molecule has 1 nitrogen and oxygen atoms in total. The van der Waals surface area contributed by atoms with E-state index in [1.807, 2.05) is 12.1 Å². The summed E-state index contributed by atoms with van der Waals surface area (Å²) in [6.45, 7) is 1.74. The van der Waals surface area contributed by atoms with Gasteiger partial charge in [-0.05, 0) is 48.1 Å². The summed E-state index contributed by atoms with van der Waals surface area (Å²) in [5.74, 6) is -0.219. The van der Waals surface area contributed by atoms with Gasteiger partial charge in [0, 0.05) is 6.42 Å². The summed E-state index contributed by atoms with van der Waals surface area (Å²) in [5, 5.41) is 10.9. The van der Waals surface area contributed by atoms with Crippen molar-refractivity contribution in [1.29, 1.82) is 0 Å². The summed E-state index contributed by atoms with van der Waals surface area (Å²) in [4.78, 5) is 0. The van der Waals surface area contributed by atoms with Crippen LogP contribution in [-0.4, -0.2) is 5.11 Å². The molecule has 0 radical (unpaired) electrons. The Labute approximate surface area is 112 Å². The third kappa shape index (κ3) is 2.17. The molecular weight excluding hydrogens is 239 g/mol. The van der Waals surface area contributed by atoms with Gasteiger partial charge in [0.1, 0.15) is 5.82 Å². The van der Waals surface area contributed by atoms with Crippen molar-refractivity contribution >= 4 is 0 Å². The van der Waals surface area contributed by atoms with E-state index in [0.717, 1.165) is 12.0 Å².